The summed E-state index contributed by atoms with van der Waals surface area (Å²) in [6.45, 7) is 0.567. The average Bonchev–Trinajstić information content (AvgIpc) is 2.72. The van der Waals surface area contributed by atoms with Gasteiger partial charge in [-0.2, -0.15) is 10.2 Å². The van der Waals surface area contributed by atoms with Gasteiger partial charge in [-0.3, -0.25) is 4.98 Å². The van der Waals surface area contributed by atoms with E-state index in [1.165, 1.54) is 6.07 Å². The van der Waals surface area contributed by atoms with Crippen molar-refractivity contribution in [1.82, 2.24) is 9.97 Å². The maximum absolute atomic E-state index is 11.1. The summed E-state index contributed by atoms with van der Waals surface area (Å²) < 4.78 is 1.05. The van der Waals surface area contributed by atoms with E-state index in [-0.39, 0.29) is 5.69 Å². The molecule has 0 spiro atoms. The number of hydrogen-bond acceptors (Lipinski definition) is 5. The SMILES string of the molecule is N#Cc1cc(NCc2ccc(Br)s2)nc(=O)[nH]1. The molecule has 0 aliphatic rings. The molecule has 0 radical (unpaired) electrons. The zero-order valence-electron chi connectivity index (χ0n) is 8.53. The number of H-pyrrole nitrogens is 1. The van der Waals surface area contributed by atoms with E-state index in [2.05, 4.69) is 31.2 Å². The first-order chi connectivity index (χ1) is 8.17. The lowest BCUT2D eigenvalue weighted by Crippen LogP contribution is -2.14. The Kier molecular flexibility index (Phi) is 3.56. The maximum Gasteiger partial charge on any atom is 0.347 e. The van der Waals surface area contributed by atoms with Crippen LogP contribution in [0.15, 0.2) is 26.8 Å². The van der Waals surface area contributed by atoms with Crippen molar-refractivity contribution in [3.8, 4) is 6.07 Å². The van der Waals surface area contributed by atoms with E-state index in [0.29, 0.717) is 12.4 Å². The van der Waals surface area contributed by atoms with Crippen LogP contribution in [0.25, 0.3) is 0 Å². The second-order valence-corrected chi connectivity index (χ2v) is 5.70. The molecule has 0 aromatic carbocycles. The molecule has 0 aliphatic carbocycles. The Hall–Kier alpha value is -1.65. The Bertz CT molecular complexity index is 628. The van der Waals surface area contributed by atoms with Crippen LogP contribution in [0.1, 0.15) is 10.6 Å². The summed E-state index contributed by atoms with van der Waals surface area (Å²) in [6.07, 6.45) is 0. The summed E-state index contributed by atoms with van der Waals surface area (Å²) in [5.74, 6) is 0.398. The Morgan fingerprint density at radius 3 is 3.06 bits per heavy atom. The smallest absolute Gasteiger partial charge is 0.347 e. The second-order valence-electron chi connectivity index (χ2n) is 3.16. The van der Waals surface area contributed by atoms with Crippen LogP contribution in [0.2, 0.25) is 0 Å². The zero-order chi connectivity index (χ0) is 12.3. The van der Waals surface area contributed by atoms with E-state index in [9.17, 15) is 4.79 Å². The molecule has 2 N–H and O–H groups in total. The molecule has 86 valence electrons. The van der Waals surface area contributed by atoms with Gasteiger partial charge in [-0.15, -0.1) is 11.3 Å². The standard InChI is InChI=1S/C10H7BrN4OS/c11-8-2-1-7(17-8)5-13-9-3-6(4-12)14-10(16)15-9/h1-3H,5H2,(H2,13,14,15,16). The summed E-state index contributed by atoms with van der Waals surface area (Å²) in [5.41, 5.74) is -0.334. The Labute approximate surface area is 109 Å². The number of anilines is 1. The molecule has 5 nitrogen and oxygen atoms in total. The van der Waals surface area contributed by atoms with Gasteiger partial charge in [-0.1, -0.05) is 0 Å². The van der Waals surface area contributed by atoms with Gasteiger partial charge in [0.1, 0.15) is 17.6 Å². The molecular weight excluding hydrogens is 304 g/mol. The lowest BCUT2D eigenvalue weighted by Gasteiger charge is -2.02. The third-order valence-electron chi connectivity index (χ3n) is 1.94. The number of aromatic nitrogens is 2. The van der Waals surface area contributed by atoms with Gasteiger partial charge in [0.2, 0.25) is 0 Å². The van der Waals surface area contributed by atoms with Crippen molar-refractivity contribution < 1.29 is 0 Å². The highest BCUT2D eigenvalue weighted by Gasteiger charge is 2.01. The topological polar surface area (TPSA) is 81.6 Å². The molecule has 0 fully saturated rings. The lowest BCUT2D eigenvalue weighted by molar-refractivity contribution is 1.03. The first kappa shape index (κ1) is 11.8. The van der Waals surface area contributed by atoms with Crippen molar-refractivity contribution in [2.45, 2.75) is 6.54 Å². The first-order valence-electron chi connectivity index (χ1n) is 4.67. The Morgan fingerprint density at radius 1 is 1.59 bits per heavy atom. The number of rotatable bonds is 3. The van der Waals surface area contributed by atoms with Gasteiger partial charge in [0.25, 0.3) is 0 Å². The van der Waals surface area contributed by atoms with Gasteiger partial charge in [-0.25, -0.2) is 4.79 Å². The molecule has 0 unspecified atom stereocenters. The summed E-state index contributed by atoms with van der Waals surface area (Å²) in [7, 11) is 0. The van der Waals surface area contributed by atoms with Crippen LogP contribution >= 0.6 is 27.3 Å². The normalized spacial score (nSPS) is 9.88. The van der Waals surface area contributed by atoms with Gasteiger partial charge in [0.15, 0.2) is 0 Å². The summed E-state index contributed by atoms with van der Waals surface area (Å²) in [4.78, 5) is 18.3. The summed E-state index contributed by atoms with van der Waals surface area (Å²) >= 11 is 4.97. The highest BCUT2D eigenvalue weighted by Crippen LogP contribution is 2.22. The van der Waals surface area contributed by atoms with Crippen LogP contribution in [-0.4, -0.2) is 9.97 Å². The van der Waals surface area contributed by atoms with Crippen LogP contribution in [0.4, 0.5) is 5.82 Å². The molecule has 2 heterocycles. The average molecular weight is 311 g/mol. The number of aromatic amines is 1. The summed E-state index contributed by atoms with van der Waals surface area (Å²) in [6, 6.07) is 7.30. The van der Waals surface area contributed by atoms with Crippen LogP contribution in [0, 0.1) is 11.3 Å². The Morgan fingerprint density at radius 2 is 2.41 bits per heavy atom. The van der Waals surface area contributed by atoms with Gasteiger partial charge < -0.3 is 5.32 Å². The fraction of sp³-hybridized carbons (Fsp3) is 0.100. The van der Waals surface area contributed by atoms with E-state index >= 15 is 0 Å². The molecule has 0 bridgehead atoms. The molecule has 17 heavy (non-hydrogen) atoms. The van der Waals surface area contributed by atoms with Crippen molar-refractivity contribution >= 4 is 33.1 Å². The molecule has 7 heteroatoms. The minimum Gasteiger partial charge on any atom is -0.365 e. The van der Waals surface area contributed by atoms with Gasteiger partial charge >= 0.3 is 5.69 Å². The minimum atomic E-state index is -0.529. The molecule has 0 saturated carbocycles. The maximum atomic E-state index is 11.1. The summed E-state index contributed by atoms with van der Waals surface area (Å²) in [5, 5.41) is 11.7. The highest BCUT2D eigenvalue weighted by molar-refractivity contribution is 9.11. The van der Waals surface area contributed by atoms with E-state index in [1.54, 1.807) is 11.3 Å². The number of halogens is 1. The molecule has 2 aromatic heterocycles. The lowest BCUT2D eigenvalue weighted by atomic mass is 10.4. The third-order valence-corrected chi connectivity index (χ3v) is 3.56. The van der Waals surface area contributed by atoms with Crippen molar-refractivity contribution in [2.24, 2.45) is 0 Å². The van der Waals surface area contributed by atoms with E-state index in [4.69, 9.17) is 5.26 Å². The second kappa shape index (κ2) is 5.12. The largest absolute Gasteiger partial charge is 0.365 e. The molecule has 2 rings (SSSR count). The van der Waals surface area contributed by atoms with Gasteiger partial charge in [-0.05, 0) is 28.1 Å². The fourth-order valence-corrected chi connectivity index (χ4v) is 2.66. The zero-order valence-corrected chi connectivity index (χ0v) is 10.9. The number of thiophene rings is 1. The van der Waals surface area contributed by atoms with Crippen molar-refractivity contribution in [2.75, 3.05) is 5.32 Å². The third kappa shape index (κ3) is 3.15. The molecular formula is C10H7BrN4OS. The van der Waals surface area contributed by atoms with Crippen molar-refractivity contribution in [3.63, 3.8) is 0 Å². The number of nitrogens with zero attached hydrogens (tertiary/aromatic N) is 2. The number of hydrogen-bond donors (Lipinski definition) is 2. The Balaban J connectivity index is 2.12. The predicted octanol–water partition coefficient (Wildman–Crippen LogP) is 2.08. The predicted molar refractivity (Wildman–Crippen MR) is 68.9 cm³/mol. The van der Waals surface area contributed by atoms with Gasteiger partial charge in [0.05, 0.1) is 10.3 Å². The van der Waals surface area contributed by atoms with Crippen molar-refractivity contribution in [1.29, 1.82) is 5.26 Å². The highest BCUT2D eigenvalue weighted by atomic mass is 79.9. The monoisotopic (exact) mass is 310 g/mol. The molecule has 0 saturated heterocycles. The molecule has 0 aliphatic heterocycles. The van der Waals surface area contributed by atoms with Crippen LogP contribution < -0.4 is 11.0 Å². The van der Waals surface area contributed by atoms with Crippen LogP contribution in [0.3, 0.4) is 0 Å². The van der Waals surface area contributed by atoms with Crippen molar-refractivity contribution in [3.05, 3.63) is 43.0 Å². The molecule has 0 amide bonds. The van der Waals surface area contributed by atoms with E-state index in [0.717, 1.165) is 8.66 Å². The minimum absolute atomic E-state index is 0.194. The fourth-order valence-electron chi connectivity index (χ4n) is 1.23. The number of nitriles is 1. The van der Waals surface area contributed by atoms with E-state index in [1.807, 2.05) is 18.2 Å². The van der Waals surface area contributed by atoms with Gasteiger partial charge in [0, 0.05) is 10.9 Å². The van der Waals surface area contributed by atoms with E-state index < -0.39 is 5.69 Å². The first-order valence-corrected chi connectivity index (χ1v) is 6.28. The number of nitrogens with one attached hydrogen (secondary N) is 2. The molecule has 2 aromatic rings. The van der Waals surface area contributed by atoms with Crippen LogP contribution in [-0.2, 0) is 6.54 Å². The molecule has 0 atom stereocenters. The quantitative estimate of drug-likeness (QED) is 0.909. The van der Waals surface area contributed by atoms with Crippen LogP contribution in [0.5, 0.6) is 0 Å².